The average molecular weight is 542 g/mol. The third-order valence-corrected chi connectivity index (χ3v) is 8.06. The van der Waals surface area contributed by atoms with Crippen LogP contribution >= 0.6 is 15.9 Å². The number of furan rings is 1. The number of benzene rings is 3. The molecule has 1 aliphatic heterocycles. The minimum Gasteiger partial charge on any atom is -0.456 e. The highest BCUT2D eigenvalue weighted by atomic mass is 79.9. The number of aromatic amines is 1. The second-order valence-electron chi connectivity index (χ2n) is 10.0. The van der Waals surface area contributed by atoms with Crippen molar-refractivity contribution < 1.29 is 13.9 Å². The Balaban J connectivity index is 1.15. The predicted octanol–water partition coefficient (Wildman–Crippen LogP) is 7.60. The van der Waals surface area contributed by atoms with Gasteiger partial charge in [0.1, 0.15) is 23.6 Å². The van der Waals surface area contributed by atoms with Gasteiger partial charge in [-0.25, -0.2) is 9.78 Å². The Bertz CT molecular complexity index is 1600. The zero-order valence-electron chi connectivity index (χ0n) is 19.5. The van der Waals surface area contributed by atoms with Gasteiger partial charge in [-0.15, -0.1) is 0 Å². The molecule has 3 heterocycles. The van der Waals surface area contributed by atoms with Crippen molar-refractivity contribution in [3.63, 3.8) is 0 Å². The lowest BCUT2D eigenvalue weighted by molar-refractivity contribution is 0.0899. The van der Waals surface area contributed by atoms with E-state index >= 15 is 0 Å². The number of hydrogen-bond donors (Lipinski definition) is 1. The van der Waals surface area contributed by atoms with E-state index in [0.717, 1.165) is 74.9 Å². The number of carbonyl (C=O) groups excluding carboxylic acids is 1. The topological polar surface area (TPSA) is 71.4 Å². The van der Waals surface area contributed by atoms with Crippen LogP contribution in [0.1, 0.15) is 36.7 Å². The molecule has 0 unspecified atom stereocenters. The standard InChI is InChI=1S/C29H24BrN3O3/c30-20-7-9-22-21-8-6-19(12-25(21)36-26(22)13-20)23-15-31-27(32-23)24-14-29(10-11-29)17-33(24)28(34)35-16-18-4-2-1-3-5-18/h1-9,12-13,15,24H,10-11,14,16-17H2,(H,31,32)/t24-/m1/s1. The Labute approximate surface area is 216 Å². The van der Waals surface area contributed by atoms with E-state index in [0.29, 0.717) is 0 Å². The Morgan fingerprint density at radius 1 is 1.08 bits per heavy atom. The molecule has 3 aromatic carbocycles. The van der Waals surface area contributed by atoms with Gasteiger partial charge < -0.3 is 14.1 Å². The molecular formula is C29H24BrN3O3. The molecule has 6 nitrogen and oxygen atoms in total. The highest BCUT2D eigenvalue weighted by molar-refractivity contribution is 9.10. The summed E-state index contributed by atoms with van der Waals surface area (Å²) in [5.74, 6) is 0.805. The first-order valence-electron chi connectivity index (χ1n) is 12.2. The van der Waals surface area contributed by atoms with Crippen LogP contribution in [0, 0.1) is 5.41 Å². The minimum absolute atomic E-state index is 0.114. The minimum atomic E-state index is -0.277. The van der Waals surface area contributed by atoms with Gasteiger partial charge in [0.15, 0.2) is 0 Å². The molecule has 0 radical (unpaired) electrons. The average Bonchev–Trinajstić information content (AvgIpc) is 3.22. The van der Waals surface area contributed by atoms with Gasteiger partial charge in [0.05, 0.1) is 17.9 Å². The molecule has 180 valence electrons. The molecule has 2 aromatic heterocycles. The lowest BCUT2D eigenvalue weighted by Crippen LogP contribution is -2.32. The number of nitrogens with one attached hydrogen (secondary N) is 1. The highest BCUT2D eigenvalue weighted by Crippen LogP contribution is 2.58. The lowest BCUT2D eigenvalue weighted by atomic mass is 10.0. The number of likely N-dealkylation sites (tertiary alicyclic amines) is 1. The maximum Gasteiger partial charge on any atom is 0.410 e. The molecule has 1 amide bonds. The van der Waals surface area contributed by atoms with Gasteiger partial charge in [-0.2, -0.15) is 0 Å². The van der Waals surface area contributed by atoms with E-state index in [-0.39, 0.29) is 24.2 Å². The first kappa shape index (κ1) is 21.7. The lowest BCUT2D eigenvalue weighted by Gasteiger charge is -2.22. The molecule has 1 atom stereocenters. The summed E-state index contributed by atoms with van der Waals surface area (Å²) in [4.78, 5) is 23.2. The van der Waals surface area contributed by atoms with Crippen LogP contribution in [0.25, 0.3) is 33.2 Å². The van der Waals surface area contributed by atoms with Crippen LogP contribution in [0.5, 0.6) is 0 Å². The molecule has 1 aliphatic carbocycles. The fraction of sp³-hybridized carbons (Fsp3) is 0.241. The molecule has 0 bridgehead atoms. The van der Waals surface area contributed by atoms with Gasteiger partial charge in [-0.05, 0) is 60.6 Å². The fourth-order valence-corrected chi connectivity index (χ4v) is 5.74. The second kappa shape index (κ2) is 8.23. The number of rotatable bonds is 4. The summed E-state index contributed by atoms with van der Waals surface area (Å²) in [6.45, 7) is 0.995. The van der Waals surface area contributed by atoms with Crippen LogP contribution in [0.4, 0.5) is 4.79 Å². The van der Waals surface area contributed by atoms with E-state index in [9.17, 15) is 4.79 Å². The summed E-state index contributed by atoms with van der Waals surface area (Å²) in [6.07, 6.45) is 4.79. The van der Waals surface area contributed by atoms with Gasteiger partial charge in [0.25, 0.3) is 0 Å². The first-order valence-corrected chi connectivity index (χ1v) is 13.0. The third-order valence-electron chi connectivity index (χ3n) is 7.56. The number of halogens is 1. The van der Waals surface area contributed by atoms with Crippen molar-refractivity contribution in [1.82, 2.24) is 14.9 Å². The van der Waals surface area contributed by atoms with Crippen molar-refractivity contribution in [2.45, 2.75) is 31.9 Å². The maximum absolute atomic E-state index is 13.1. The molecule has 1 spiro atoms. The summed E-state index contributed by atoms with van der Waals surface area (Å²) >= 11 is 3.51. The van der Waals surface area contributed by atoms with Gasteiger partial charge in [0.2, 0.25) is 0 Å². The summed E-state index contributed by atoms with van der Waals surface area (Å²) in [5.41, 5.74) is 4.79. The second-order valence-corrected chi connectivity index (χ2v) is 10.9. The smallest absolute Gasteiger partial charge is 0.410 e. The normalized spacial score (nSPS) is 18.4. The van der Waals surface area contributed by atoms with Crippen molar-refractivity contribution in [2.24, 2.45) is 5.41 Å². The number of hydrogen-bond acceptors (Lipinski definition) is 4. The number of ether oxygens (including phenoxy) is 1. The third kappa shape index (κ3) is 3.78. The van der Waals surface area contributed by atoms with Gasteiger partial charge in [0, 0.05) is 27.4 Å². The van der Waals surface area contributed by atoms with Crippen LogP contribution in [-0.4, -0.2) is 27.5 Å². The van der Waals surface area contributed by atoms with Crippen molar-refractivity contribution in [2.75, 3.05) is 6.54 Å². The summed E-state index contributed by atoms with van der Waals surface area (Å²) in [6, 6.07) is 22.0. The first-order chi connectivity index (χ1) is 17.6. The van der Waals surface area contributed by atoms with Crippen LogP contribution < -0.4 is 0 Å². The van der Waals surface area contributed by atoms with E-state index in [2.05, 4.69) is 39.1 Å². The van der Waals surface area contributed by atoms with Crippen molar-refractivity contribution >= 4 is 44.0 Å². The number of fused-ring (bicyclic) bond motifs is 3. The van der Waals surface area contributed by atoms with Crippen molar-refractivity contribution in [1.29, 1.82) is 0 Å². The Morgan fingerprint density at radius 2 is 1.86 bits per heavy atom. The molecule has 5 aromatic rings. The molecule has 1 saturated carbocycles. The van der Waals surface area contributed by atoms with Gasteiger partial charge >= 0.3 is 6.09 Å². The van der Waals surface area contributed by atoms with Crippen molar-refractivity contribution in [3.8, 4) is 11.3 Å². The number of amides is 1. The van der Waals surface area contributed by atoms with Crippen LogP contribution in [-0.2, 0) is 11.3 Å². The molecule has 1 saturated heterocycles. The number of nitrogens with zero attached hydrogens (tertiary/aromatic N) is 2. The van der Waals surface area contributed by atoms with E-state index in [4.69, 9.17) is 14.1 Å². The Hall–Kier alpha value is -3.58. The quantitative estimate of drug-likeness (QED) is 0.254. The molecule has 7 heteroatoms. The van der Waals surface area contributed by atoms with Gasteiger partial charge in [-0.1, -0.05) is 52.3 Å². The monoisotopic (exact) mass is 541 g/mol. The SMILES string of the molecule is O=C(OCc1ccccc1)N1CC2(CC2)C[C@@H]1c1ncc(-c2ccc3c(c2)oc2cc(Br)ccc23)[nH]1. The molecule has 2 fully saturated rings. The number of aromatic nitrogens is 2. The number of carbonyl (C=O) groups is 1. The molecular weight excluding hydrogens is 518 g/mol. The summed E-state index contributed by atoms with van der Waals surface area (Å²) in [7, 11) is 0. The molecule has 1 N–H and O–H groups in total. The van der Waals surface area contributed by atoms with Crippen molar-refractivity contribution in [3.05, 3.63) is 88.8 Å². The number of imidazole rings is 1. The maximum atomic E-state index is 13.1. The van der Waals surface area contributed by atoms with Gasteiger partial charge in [-0.3, -0.25) is 4.90 Å². The molecule has 2 aliphatic rings. The predicted molar refractivity (Wildman–Crippen MR) is 141 cm³/mol. The molecule has 7 rings (SSSR count). The van der Waals surface area contributed by atoms with E-state index < -0.39 is 0 Å². The Kier molecular flexibility index (Phi) is 4.96. The van der Waals surface area contributed by atoms with E-state index in [1.807, 2.05) is 59.6 Å². The summed E-state index contributed by atoms with van der Waals surface area (Å²) in [5, 5.41) is 2.18. The van der Waals surface area contributed by atoms with E-state index in [1.54, 1.807) is 0 Å². The highest BCUT2D eigenvalue weighted by Gasteiger charge is 2.54. The van der Waals surface area contributed by atoms with Crippen LogP contribution in [0.3, 0.4) is 0 Å². The molecule has 36 heavy (non-hydrogen) atoms. The summed E-state index contributed by atoms with van der Waals surface area (Å²) < 4.78 is 12.8. The zero-order chi connectivity index (χ0) is 24.3. The van der Waals surface area contributed by atoms with Crippen LogP contribution in [0.2, 0.25) is 0 Å². The fourth-order valence-electron chi connectivity index (χ4n) is 5.40. The van der Waals surface area contributed by atoms with Crippen LogP contribution in [0.15, 0.2) is 81.8 Å². The zero-order valence-corrected chi connectivity index (χ0v) is 21.1. The largest absolute Gasteiger partial charge is 0.456 e. The Morgan fingerprint density at radius 3 is 2.67 bits per heavy atom. The van der Waals surface area contributed by atoms with E-state index in [1.165, 1.54) is 0 Å². The number of H-pyrrole nitrogens is 1.